The quantitative estimate of drug-likeness (QED) is 0.673. The van der Waals surface area contributed by atoms with Crippen molar-refractivity contribution >= 4 is 23.6 Å². The number of hydrogen-bond acceptors (Lipinski definition) is 4. The highest BCUT2D eigenvalue weighted by Crippen LogP contribution is 2.27. The zero-order valence-electron chi connectivity index (χ0n) is 10.8. The van der Waals surface area contributed by atoms with E-state index in [1.165, 1.54) is 12.1 Å². The number of nitrogens with zero attached hydrogens (tertiary/aromatic N) is 1. The summed E-state index contributed by atoms with van der Waals surface area (Å²) in [6.45, 7) is -0.245. The zero-order chi connectivity index (χ0) is 15.4. The molecule has 2 N–H and O–H groups in total. The standard InChI is InChI=1S/C15H11ClFNO3/c16-12-6-10(17)5-9(15(12)21)7-18-8-14(20)11-3-1-2-4-13(11)19/h1-7,19,21H,8H2. The molecule has 2 rings (SSSR count). The van der Waals surface area contributed by atoms with Crippen molar-refractivity contribution in [3.63, 3.8) is 0 Å². The Kier molecular flexibility index (Phi) is 4.55. The van der Waals surface area contributed by atoms with Crippen LogP contribution in [0.5, 0.6) is 11.5 Å². The molecule has 2 aromatic rings. The van der Waals surface area contributed by atoms with Gasteiger partial charge >= 0.3 is 0 Å². The third-order valence-corrected chi connectivity index (χ3v) is 3.02. The molecule has 0 saturated carbocycles. The number of phenolic OH excluding ortho intramolecular Hbond substituents is 2. The molecule has 0 aliphatic carbocycles. The van der Waals surface area contributed by atoms with Gasteiger partial charge < -0.3 is 10.2 Å². The molecule has 2 aromatic carbocycles. The van der Waals surface area contributed by atoms with Crippen LogP contribution < -0.4 is 0 Å². The lowest BCUT2D eigenvalue weighted by Gasteiger charge is -2.02. The molecular weight excluding hydrogens is 297 g/mol. The van der Waals surface area contributed by atoms with Crippen molar-refractivity contribution in [1.82, 2.24) is 0 Å². The summed E-state index contributed by atoms with van der Waals surface area (Å²) in [6, 6.07) is 8.12. The number of ketones is 1. The molecule has 0 fully saturated rings. The number of rotatable bonds is 4. The first kappa shape index (κ1) is 15.0. The van der Waals surface area contributed by atoms with E-state index < -0.39 is 11.6 Å². The number of aromatic hydroxyl groups is 2. The van der Waals surface area contributed by atoms with Crippen molar-refractivity contribution in [1.29, 1.82) is 0 Å². The minimum atomic E-state index is -0.619. The topological polar surface area (TPSA) is 69.9 Å². The minimum Gasteiger partial charge on any atom is -0.507 e. The second kappa shape index (κ2) is 6.37. The number of Topliss-reactive ketones (excluding diaryl/α,β-unsaturated/α-hetero) is 1. The van der Waals surface area contributed by atoms with Crippen molar-refractivity contribution < 1.29 is 19.4 Å². The van der Waals surface area contributed by atoms with E-state index in [0.29, 0.717) is 0 Å². The van der Waals surface area contributed by atoms with E-state index >= 15 is 0 Å². The summed E-state index contributed by atoms with van der Waals surface area (Å²) in [5, 5.41) is 19.0. The van der Waals surface area contributed by atoms with Crippen molar-refractivity contribution in [2.24, 2.45) is 4.99 Å². The van der Waals surface area contributed by atoms with Gasteiger partial charge in [-0.3, -0.25) is 9.79 Å². The number of carbonyl (C=O) groups is 1. The number of carbonyl (C=O) groups excluding carboxylic acids is 1. The van der Waals surface area contributed by atoms with Crippen LogP contribution in [0.2, 0.25) is 5.02 Å². The van der Waals surface area contributed by atoms with Crippen LogP contribution in [0.4, 0.5) is 4.39 Å². The summed E-state index contributed by atoms with van der Waals surface area (Å²) < 4.78 is 13.2. The third kappa shape index (κ3) is 3.58. The predicted octanol–water partition coefficient (Wildman–Crippen LogP) is 3.19. The molecule has 6 heteroatoms. The Hall–Kier alpha value is -2.40. The lowest BCUT2D eigenvalue weighted by molar-refractivity contribution is 0.0999. The molecule has 0 unspecified atom stereocenters. The molecule has 0 aliphatic rings. The van der Waals surface area contributed by atoms with E-state index in [1.54, 1.807) is 12.1 Å². The van der Waals surface area contributed by atoms with E-state index in [2.05, 4.69) is 4.99 Å². The summed E-state index contributed by atoms with van der Waals surface area (Å²) in [4.78, 5) is 15.7. The molecule has 0 bridgehead atoms. The second-order valence-electron chi connectivity index (χ2n) is 4.24. The lowest BCUT2D eigenvalue weighted by Crippen LogP contribution is -2.04. The van der Waals surface area contributed by atoms with Gasteiger partial charge in [-0.25, -0.2) is 4.39 Å². The van der Waals surface area contributed by atoms with Crippen LogP contribution in [0.1, 0.15) is 15.9 Å². The summed E-state index contributed by atoms with van der Waals surface area (Å²) >= 11 is 5.63. The Labute approximate surface area is 125 Å². The molecule has 0 aromatic heterocycles. The molecule has 108 valence electrons. The molecular formula is C15H11ClFNO3. The van der Waals surface area contributed by atoms with Crippen molar-refractivity contribution in [2.45, 2.75) is 0 Å². The van der Waals surface area contributed by atoms with Crippen molar-refractivity contribution in [3.8, 4) is 11.5 Å². The Morgan fingerprint density at radius 1 is 1.29 bits per heavy atom. The van der Waals surface area contributed by atoms with Gasteiger partial charge in [-0.1, -0.05) is 23.7 Å². The van der Waals surface area contributed by atoms with Gasteiger partial charge in [-0.15, -0.1) is 0 Å². The van der Waals surface area contributed by atoms with Crippen LogP contribution in [0.3, 0.4) is 0 Å². The van der Waals surface area contributed by atoms with Gasteiger partial charge in [-0.05, 0) is 24.3 Å². The first-order chi connectivity index (χ1) is 9.99. The van der Waals surface area contributed by atoms with E-state index in [-0.39, 0.29) is 34.2 Å². The zero-order valence-corrected chi connectivity index (χ0v) is 11.5. The fraction of sp³-hybridized carbons (Fsp3) is 0.0667. The molecule has 0 radical (unpaired) electrons. The Morgan fingerprint density at radius 2 is 2.00 bits per heavy atom. The van der Waals surface area contributed by atoms with Crippen LogP contribution in [0.25, 0.3) is 0 Å². The number of halogens is 2. The average Bonchev–Trinajstić information content (AvgIpc) is 2.44. The van der Waals surface area contributed by atoms with E-state index in [9.17, 15) is 19.4 Å². The summed E-state index contributed by atoms with van der Waals surface area (Å²) in [5.41, 5.74) is 0.223. The molecule has 0 saturated heterocycles. The van der Waals surface area contributed by atoms with E-state index in [4.69, 9.17) is 11.6 Å². The van der Waals surface area contributed by atoms with Gasteiger partial charge in [0.05, 0.1) is 10.6 Å². The highest BCUT2D eigenvalue weighted by molar-refractivity contribution is 6.32. The fourth-order valence-electron chi connectivity index (χ4n) is 1.71. The smallest absolute Gasteiger partial charge is 0.187 e. The normalized spacial score (nSPS) is 11.0. The van der Waals surface area contributed by atoms with Gasteiger partial charge in [0.15, 0.2) is 5.78 Å². The summed E-state index contributed by atoms with van der Waals surface area (Å²) in [7, 11) is 0. The van der Waals surface area contributed by atoms with Gasteiger partial charge in [0.2, 0.25) is 0 Å². The van der Waals surface area contributed by atoms with Crippen LogP contribution >= 0.6 is 11.6 Å². The van der Waals surface area contributed by atoms with Crippen LogP contribution in [0.15, 0.2) is 41.4 Å². The van der Waals surface area contributed by atoms with Crippen LogP contribution in [-0.4, -0.2) is 28.8 Å². The molecule has 4 nitrogen and oxygen atoms in total. The lowest BCUT2D eigenvalue weighted by atomic mass is 10.1. The Balaban J connectivity index is 2.13. The highest BCUT2D eigenvalue weighted by Gasteiger charge is 2.10. The Bertz CT molecular complexity index is 716. The minimum absolute atomic E-state index is 0.0742. The third-order valence-electron chi connectivity index (χ3n) is 2.73. The van der Waals surface area contributed by atoms with Gasteiger partial charge in [-0.2, -0.15) is 0 Å². The van der Waals surface area contributed by atoms with Gasteiger partial charge in [0, 0.05) is 11.8 Å². The largest absolute Gasteiger partial charge is 0.507 e. The maximum absolute atomic E-state index is 13.2. The molecule has 0 aliphatic heterocycles. The molecule has 0 amide bonds. The Morgan fingerprint density at radius 3 is 2.71 bits per heavy atom. The number of benzene rings is 2. The molecule has 0 spiro atoms. The number of para-hydroxylation sites is 1. The first-order valence-electron chi connectivity index (χ1n) is 5.98. The number of aliphatic imine (C=N–C) groups is 1. The van der Waals surface area contributed by atoms with E-state index in [0.717, 1.165) is 18.3 Å². The maximum atomic E-state index is 13.2. The summed E-state index contributed by atoms with van der Waals surface area (Å²) in [6.07, 6.45) is 1.15. The highest BCUT2D eigenvalue weighted by atomic mass is 35.5. The van der Waals surface area contributed by atoms with Crippen molar-refractivity contribution in [2.75, 3.05) is 6.54 Å². The maximum Gasteiger partial charge on any atom is 0.187 e. The van der Waals surface area contributed by atoms with Crippen LogP contribution in [-0.2, 0) is 0 Å². The van der Waals surface area contributed by atoms with Crippen molar-refractivity contribution in [3.05, 3.63) is 58.4 Å². The molecule has 0 atom stereocenters. The molecule has 21 heavy (non-hydrogen) atoms. The van der Waals surface area contributed by atoms with Crippen LogP contribution in [0, 0.1) is 5.82 Å². The first-order valence-corrected chi connectivity index (χ1v) is 6.36. The van der Waals surface area contributed by atoms with E-state index in [1.807, 2.05) is 0 Å². The average molecular weight is 308 g/mol. The number of hydrogen-bond donors (Lipinski definition) is 2. The fourth-order valence-corrected chi connectivity index (χ4v) is 1.92. The monoisotopic (exact) mass is 307 g/mol. The second-order valence-corrected chi connectivity index (χ2v) is 4.64. The van der Waals surface area contributed by atoms with Gasteiger partial charge in [0.1, 0.15) is 23.9 Å². The predicted molar refractivity (Wildman–Crippen MR) is 78.0 cm³/mol. The SMILES string of the molecule is O=C(CN=Cc1cc(F)cc(Cl)c1O)c1ccccc1O. The molecule has 0 heterocycles. The number of phenols is 2. The summed E-state index contributed by atoms with van der Waals surface area (Å²) in [5.74, 6) is -1.45. The van der Waals surface area contributed by atoms with Gasteiger partial charge in [0.25, 0.3) is 0 Å².